The normalized spacial score (nSPS) is 13.9. The Morgan fingerprint density at radius 3 is 2.34 bits per heavy atom. The lowest BCUT2D eigenvalue weighted by Gasteiger charge is -2.36. The molecular formula is C25H24ClN5O. The van der Waals surface area contributed by atoms with Crippen LogP contribution in [0.5, 0.6) is 5.75 Å². The van der Waals surface area contributed by atoms with E-state index in [1.54, 1.807) is 7.11 Å². The second-order valence-corrected chi connectivity index (χ2v) is 8.13. The van der Waals surface area contributed by atoms with Crippen LogP contribution in [0.15, 0.2) is 72.8 Å². The number of anilines is 4. The maximum absolute atomic E-state index is 6.17. The predicted molar refractivity (Wildman–Crippen MR) is 132 cm³/mol. The van der Waals surface area contributed by atoms with Gasteiger partial charge in [0, 0.05) is 48.0 Å². The van der Waals surface area contributed by atoms with Gasteiger partial charge in [0.05, 0.1) is 12.6 Å². The zero-order valence-electron chi connectivity index (χ0n) is 17.8. The lowest BCUT2D eigenvalue weighted by atomic mass is 10.2. The SMILES string of the molecule is COc1ccc(Nc2nc(N3CCN(c4cccc(Cl)c4)CC3)nc3ccccc23)cc1. The summed E-state index contributed by atoms with van der Waals surface area (Å²) in [7, 11) is 1.67. The monoisotopic (exact) mass is 445 g/mol. The van der Waals surface area contributed by atoms with Crippen molar-refractivity contribution >= 4 is 45.6 Å². The van der Waals surface area contributed by atoms with Crippen molar-refractivity contribution in [2.45, 2.75) is 0 Å². The Balaban J connectivity index is 1.39. The smallest absolute Gasteiger partial charge is 0.228 e. The highest BCUT2D eigenvalue weighted by atomic mass is 35.5. The molecule has 5 rings (SSSR count). The molecule has 1 N–H and O–H groups in total. The average Bonchev–Trinajstić information content (AvgIpc) is 2.84. The summed E-state index contributed by atoms with van der Waals surface area (Å²) in [6, 6.07) is 23.9. The van der Waals surface area contributed by atoms with Crippen LogP contribution in [0.4, 0.5) is 23.1 Å². The average molecular weight is 446 g/mol. The fraction of sp³-hybridized carbons (Fsp3) is 0.200. The molecule has 4 aromatic rings. The summed E-state index contributed by atoms with van der Waals surface area (Å²) < 4.78 is 5.26. The third kappa shape index (κ3) is 4.27. The van der Waals surface area contributed by atoms with Crippen LogP contribution in [0.25, 0.3) is 10.9 Å². The van der Waals surface area contributed by atoms with Gasteiger partial charge in [-0.25, -0.2) is 4.98 Å². The Kier molecular flexibility index (Phi) is 5.69. The van der Waals surface area contributed by atoms with E-state index < -0.39 is 0 Å². The van der Waals surface area contributed by atoms with Crippen molar-refractivity contribution in [1.29, 1.82) is 0 Å². The van der Waals surface area contributed by atoms with Crippen LogP contribution in [0.1, 0.15) is 0 Å². The zero-order chi connectivity index (χ0) is 21.9. The standard InChI is InChI=1S/C25H24ClN5O/c1-32-21-11-9-19(10-12-21)27-24-22-7-2-3-8-23(22)28-25(29-24)31-15-13-30(14-16-31)20-6-4-5-18(26)17-20/h2-12,17H,13-16H2,1H3,(H,27,28,29). The number of piperazine rings is 1. The highest BCUT2D eigenvalue weighted by molar-refractivity contribution is 6.30. The molecule has 0 spiro atoms. The molecule has 6 nitrogen and oxygen atoms in total. The van der Waals surface area contributed by atoms with Gasteiger partial charge in [0.1, 0.15) is 11.6 Å². The molecule has 1 saturated heterocycles. The van der Waals surface area contributed by atoms with Crippen molar-refractivity contribution in [2.24, 2.45) is 0 Å². The molecule has 0 atom stereocenters. The van der Waals surface area contributed by atoms with Gasteiger partial charge in [0.2, 0.25) is 5.95 Å². The van der Waals surface area contributed by atoms with E-state index in [2.05, 4.69) is 21.2 Å². The number of ether oxygens (including phenoxy) is 1. The summed E-state index contributed by atoms with van der Waals surface area (Å²) in [6.45, 7) is 3.45. The van der Waals surface area contributed by atoms with E-state index in [0.717, 1.165) is 71.0 Å². The summed E-state index contributed by atoms with van der Waals surface area (Å²) >= 11 is 6.17. The van der Waals surface area contributed by atoms with Crippen molar-refractivity contribution in [1.82, 2.24) is 9.97 Å². The molecule has 1 aromatic heterocycles. The third-order valence-corrected chi connectivity index (χ3v) is 5.92. The summed E-state index contributed by atoms with van der Waals surface area (Å²) in [4.78, 5) is 14.4. The fourth-order valence-corrected chi connectivity index (χ4v) is 4.13. The summed E-state index contributed by atoms with van der Waals surface area (Å²) in [6.07, 6.45) is 0. The Morgan fingerprint density at radius 2 is 1.59 bits per heavy atom. The van der Waals surface area contributed by atoms with Crippen LogP contribution in [0.3, 0.4) is 0 Å². The topological polar surface area (TPSA) is 53.5 Å². The first-order valence-electron chi connectivity index (χ1n) is 10.6. The van der Waals surface area contributed by atoms with Gasteiger partial charge in [-0.1, -0.05) is 29.8 Å². The van der Waals surface area contributed by atoms with E-state index in [4.69, 9.17) is 26.3 Å². The van der Waals surface area contributed by atoms with Gasteiger partial charge in [-0.2, -0.15) is 4.98 Å². The highest BCUT2D eigenvalue weighted by Gasteiger charge is 2.21. The van der Waals surface area contributed by atoms with E-state index in [9.17, 15) is 0 Å². The molecular weight excluding hydrogens is 422 g/mol. The second-order valence-electron chi connectivity index (χ2n) is 7.70. The predicted octanol–water partition coefficient (Wildman–Crippen LogP) is 5.36. The molecule has 7 heteroatoms. The molecule has 0 saturated carbocycles. The van der Waals surface area contributed by atoms with Crippen molar-refractivity contribution < 1.29 is 4.74 Å². The molecule has 2 heterocycles. The number of halogens is 1. The fourth-order valence-electron chi connectivity index (χ4n) is 3.95. The van der Waals surface area contributed by atoms with Gasteiger partial charge in [0.15, 0.2) is 0 Å². The Labute approximate surface area is 192 Å². The molecule has 0 amide bonds. The van der Waals surface area contributed by atoms with E-state index in [1.165, 1.54) is 0 Å². The quantitative estimate of drug-likeness (QED) is 0.446. The largest absolute Gasteiger partial charge is 0.497 e. The first kappa shape index (κ1) is 20.4. The first-order valence-corrected chi connectivity index (χ1v) is 11.0. The minimum atomic E-state index is 0.741. The van der Waals surface area contributed by atoms with Crippen molar-refractivity contribution in [2.75, 3.05) is 48.4 Å². The number of aromatic nitrogens is 2. The lowest BCUT2D eigenvalue weighted by molar-refractivity contribution is 0.415. The summed E-state index contributed by atoms with van der Waals surface area (Å²) in [5.74, 6) is 2.36. The minimum Gasteiger partial charge on any atom is -0.497 e. The summed E-state index contributed by atoms with van der Waals surface area (Å²) in [5, 5.41) is 5.21. The van der Waals surface area contributed by atoms with E-state index >= 15 is 0 Å². The van der Waals surface area contributed by atoms with Crippen LogP contribution in [-0.2, 0) is 0 Å². The minimum absolute atomic E-state index is 0.741. The maximum atomic E-state index is 6.17. The van der Waals surface area contributed by atoms with Gasteiger partial charge in [0.25, 0.3) is 0 Å². The van der Waals surface area contributed by atoms with Crippen LogP contribution in [0.2, 0.25) is 5.02 Å². The number of benzene rings is 3. The molecule has 3 aromatic carbocycles. The number of hydrogen-bond acceptors (Lipinski definition) is 6. The Morgan fingerprint density at radius 1 is 0.844 bits per heavy atom. The van der Waals surface area contributed by atoms with Gasteiger partial charge in [-0.3, -0.25) is 0 Å². The van der Waals surface area contributed by atoms with Crippen LogP contribution >= 0.6 is 11.6 Å². The number of hydrogen-bond donors (Lipinski definition) is 1. The molecule has 0 bridgehead atoms. The van der Waals surface area contributed by atoms with Crippen LogP contribution < -0.4 is 19.9 Å². The van der Waals surface area contributed by atoms with Crippen molar-refractivity contribution in [3.05, 3.63) is 77.8 Å². The molecule has 32 heavy (non-hydrogen) atoms. The number of para-hydroxylation sites is 1. The number of nitrogens with zero attached hydrogens (tertiary/aromatic N) is 4. The van der Waals surface area contributed by atoms with Gasteiger partial charge < -0.3 is 19.9 Å². The molecule has 0 aliphatic carbocycles. The highest BCUT2D eigenvalue weighted by Crippen LogP contribution is 2.28. The zero-order valence-corrected chi connectivity index (χ0v) is 18.6. The molecule has 1 aliphatic heterocycles. The molecule has 1 fully saturated rings. The van der Waals surface area contributed by atoms with Crippen LogP contribution in [-0.4, -0.2) is 43.3 Å². The second kappa shape index (κ2) is 8.93. The lowest BCUT2D eigenvalue weighted by Crippen LogP contribution is -2.47. The van der Waals surface area contributed by atoms with E-state index in [1.807, 2.05) is 66.7 Å². The first-order chi connectivity index (χ1) is 15.7. The molecule has 1 aliphatic rings. The number of methoxy groups -OCH3 is 1. The molecule has 0 unspecified atom stereocenters. The Bertz CT molecular complexity index is 1220. The van der Waals surface area contributed by atoms with Gasteiger partial charge in [-0.15, -0.1) is 0 Å². The van der Waals surface area contributed by atoms with E-state index in [-0.39, 0.29) is 0 Å². The van der Waals surface area contributed by atoms with Gasteiger partial charge in [-0.05, 0) is 54.6 Å². The van der Waals surface area contributed by atoms with Crippen LogP contribution in [0, 0.1) is 0 Å². The maximum Gasteiger partial charge on any atom is 0.228 e. The third-order valence-electron chi connectivity index (χ3n) is 5.68. The number of rotatable bonds is 5. The van der Waals surface area contributed by atoms with Crippen molar-refractivity contribution in [3.8, 4) is 5.75 Å². The molecule has 0 radical (unpaired) electrons. The van der Waals surface area contributed by atoms with Gasteiger partial charge >= 0.3 is 0 Å². The molecule has 162 valence electrons. The number of fused-ring (bicyclic) bond motifs is 1. The summed E-state index contributed by atoms with van der Waals surface area (Å²) in [5.41, 5.74) is 3.02. The Hall–Kier alpha value is -3.51. The van der Waals surface area contributed by atoms with Crippen molar-refractivity contribution in [3.63, 3.8) is 0 Å². The van der Waals surface area contributed by atoms with E-state index in [0.29, 0.717) is 0 Å². The number of nitrogens with one attached hydrogen (secondary N) is 1.